The maximum atomic E-state index is 13.6. The summed E-state index contributed by atoms with van der Waals surface area (Å²) in [5, 5.41) is 9.08. The van der Waals surface area contributed by atoms with Crippen LogP contribution in [-0.4, -0.2) is 29.5 Å². The lowest BCUT2D eigenvalue weighted by atomic mass is 9.88. The highest BCUT2D eigenvalue weighted by Gasteiger charge is 2.57. The molecule has 0 radical (unpaired) electrons. The Labute approximate surface area is 150 Å². The molecule has 2 aromatic rings. The predicted molar refractivity (Wildman–Crippen MR) is 83.3 cm³/mol. The van der Waals surface area contributed by atoms with Gasteiger partial charge in [-0.3, -0.25) is 0 Å². The second kappa shape index (κ2) is 7.99. The molecule has 0 aromatic heterocycles. The lowest BCUT2D eigenvalue weighted by molar-refractivity contribution is -0.270. The Kier molecular flexibility index (Phi) is 6.15. The van der Waals surface area contributed by atoms with Gasteiger partial charge in [0.15, 0.2) is 6.10 Å². The van der Waals surface area contributed by atoms with E-state index in [9.17, 15) is 31.1 Å². The Bertz CT molecular complexity index is 771. The average molecular weight is 392 g/mol. The highest BCUT2D eigenvalue weighted by atomic mass is 19.4. The third-order valence-corrected chi connectivity index (χ3v) is 3.78. The van der Waals surface area contributed by atoms with E-state index < -0.39 is 48.1 Å². The van der Waals surface area contributed by atoms with Gasteiger partial charge < -0.3 is 9.84 Å². The van der Waals surface area contributed by atoms with Crippen molar-refractivity contribution in [1.82, 2.24) is 0 Å². The zero-order valence-electron chi connectivity index (χ0n) is 13.6. The van der Waals surface area contributed by atoms with E-state index >= 15 is 0 Å². The number of carboxylic acid groups (broad SMARTS) is 1. The highest BCUT2D eigenvalue weighted by Crippen LogP contribution is 2.45. The summed E-state index contributed by atoms with van der Waals surface area (Å²) in [5.41, 5.74) is -1.62. The average Bonchev–Trinajstić information content (AvgIpc) is 2.57. The van der Waals surface area contributed by atoms with Crippen molar-refractivity contribution in [3.8, 4) is 0 Å². The molecule has 2 atom stereocenters. The second-order valence-corrected chi connectivity index (χ2v) is 5.67. The van der Waals surface area contributed by atoms with Crippen molar-refractivity contribution >= 4 is 5.97 Å². The molecule has 2 aromatic carbocycles. The van der Waals surface area contributed by atoms with E-state index in [1.165, 1.54) is 24.3 Å². The van der Waals surface area contributed by atoms with Crippen LogP contribution in [0.1, 0.15) is 27.4 Å². The molecule has 1 N–H and O–H groups in total. The number of benzene rings is 2. The first-order valence-electron chi connectivity index (χ1n) is 7.63. The zero-order chi connectivity index (χ0) is 20.2. The van der Waals surface area contributed by atoms with E-state index in [0.29, 0.717) is 6.07 Å². The van der Waals surface area contributed by atoms with Crippen LogP contribution in [0.5, 0.6) is 0 Å². The summed E-state index contributed by atoms with van der Waals surface area (Å²) in [7, 11) is 0. The van der Waals surface area contributed by atoms with Crippen molar-refractivity contribution in [2.45, 2.75) is 31.0 Å². The topological polar surface area (TPSA) is 46.5 Å². The summed E-state index contributed by atoms with van der Waals surface area (Å²) < 4.78 is 85.7. The number of aromatic carboxylic acids is 1. The predicted octanol–water partition coefficient (Wildman–Crippen LogP) is 5.18. The summed E-state index contributed by atoms with van der Waals surface area (Å²) in [6.45, 7) is -0.715. The van der Waals surface area contributed by atoms with E-state index in [-0.39, 0.29) is 5.56 Å². The summed E-state index contributed by atoms with van der Waals surface area (Å²) in [6.07, 6.45) is -14.0. The number of halogens is 6. The van der Waals surface area contributed by atoms with Crippen LogP contribution in [-0.2, 0) is 11.3 Å². The largest absolute Gasteiger partial charge is 0.478 e. The molecule has 27 heavy (non-hydrogen) atoms. The maximum Gasteiger partial charge on any atom is 0.415 e. The van der Waals surface area contributed by atoms with Crippen LogP contribution in [0.15, 0.2) is 54.6 Å². The number of rotatable bonds is 6. The molecular formula is C18H14F6O3. The maximum absolute atomic E-state index is 13.6. The van der Waals surface area contributed by atoms with Gasteiger partial charge in [0, 0.05) is 0 Å². The van der Waals surface area contributed by atoms with Crippen molar-refractivity contribution < 1.29 is 41.0 Å². The normalized spacial score (nSPS) is 14.6. The van der Waals surface area contributed by atoms with Gasteiger partial charge in [-0.1, -0.05) is 48.5 Å². The van der Waals surface area contributed by atoms with E-state index in [0.717, 1.165) is 18.2 Å². The minimum atomic E-state index is -5.39. The van der Waals surface area contributed by atoms with Crippen LogP contribution in [0.3, 0.4) is 0 Å². The van der Waals surface area contributed by atoms with Gasteiger partial charge in [0.05, 0.1) is 12.2 Å². The Morgan fingerprint density at radius 2 is 1.44 bits per heavy atom. The number of ether oxygens (including phenoxy) is 1. The van der Waals surface area contributed by atoms with Crippen molar-refractivity contribution in [3.63, 3.8) is 0 Å². The number of alkyl halides is 6. The third kappa shape index (κ3) is 5.22. The van der Waals surface area contributed by atoms with Crippen LogP contribution in [0.4, 0.5) is 26.3 Å². The molecule has 146 valence electrons. The number of carboxylic acids is 1. The summed E-state index contributed by atoms with van der Waals surface area (Å²) >= 11 is 0. The van der Waals surface area contributed by atoms with Crippen LogP contribution in [0.25, 0.3) is 0 Å². The second-order valence-electron chi connectivity index (χ2n) is 5.67. The van der Waals surface area contributed by atoms with Crippen molar-refractivity contribution in [2.24, 2.45) is 0 Å². The van der Waals surface area contributed by atoms with Crippen molar-refractivity contribution in [3.05, 3.63) is 71.3 Å². The first-order chi connectivity index (χ1) is 12.5. The Balaban J connectivity index is 2.49. The van der Waals surface area contributed by atoms with E-state index in [1.54, 1.807) is 6.07 Å². The summed E-state index contributed by atoms with van der Waals surface area (Å²) in [5.74, 6) is -4.95. The first-order valence-corrected chi connectivity index (χ1v) is 7.63. The molecule has 0 bridgehead atoms. The number of carbonyl (C=O) groups is 1. The molecule has 0 aliphatic carbocycles. The standard InChI is InChI=1S/C18H14F6O3/c19-17(20,21)14(12-8-4-5-9-13(12)16(25)26)15(18(22,23)24)27-10-11-6-2-1-3-7-11/h1-9,14-15H,10H2,(H,25,26). The molecular weight excluding hydrogens is 378 g/mol. The molecule has 3 nitrogen and oxygen atoms in total. The van der Waals surface area contributed by atoms with Crippen molar-refractivity contribution in [1.29, 1.82) is 0 Å². The van der Waals surface area contributed by atoms with E-state index in [1.807, 2.05) is 0 Å². The first kappa shape index (κ1) is 20.8. The third-order valence-electron chi connectivity index (χ3n) is 3.78. The highest BCUT2D eigenvalue weighted by molar-refractivity contribution is 5.89. The van der Waals surface area contributed by atoms with Gasteiger partial charge in [0.25, 0.3) is 0 Å². The SMILES string of the molecule is O=C(O)c1ccccc1C(C(OCc1ccccc1)C(F)(F)F)C(F)(F)F. The molecule has 2 rings (SSSR count). The smallest absolute Gasteiger partial charge is 0.415 e. The molecule has 0 fully saturated rings. The molecule has 0 spiro atoms. The van der Waals surface area contributed by atoms with Crippen LogP contribution in [0.2, 0.25) is 0 Å². The lowest BCUT2D eigenvalue weighted by Gasteiger charge is -2.31. The number of hydrogen-bond acceptors (Lipinski definition) is 2. The summed E-state index contributed by atoms with van der Waals surface area (Å²) in [4.78, 5) is 11.2. The van der Waals surface area contributed by atoms with Gasteiger partial charge in [0.2, 0.25) is 0 Å². The Morgan fingerprint density at radius 3 is 1.96 bits per heavy atom. The van der Waals surface area contributed by atoms with Crippen LogP contribution >= 0.6 is 0 Å². The molecule has 9 heteroatoms. The molecule has 0 aliphatic heterocycles. The molecule has 0 saturated carbocycles. The van der Waals surface area contributed by atoms with Gasteiger partial charge in [-0.2, -0.15) is 26.3 Å². The molecule has 0 saturated heterocycles. The molecule has 0 amide bonds. The zero-order valence-corrected chi connectivity index (χ0v) is 13.6. The fraction of sp³-hybridized carbons (Fsp3) is 0.278. The van der Waals surface area contributed by atoms with Gasteiger partial charge in [-0.25, -0.2) is 4.79 Å². The van der Waals surface area contributed by atoms with Crippen molar-refractivity contribution in [2.75, 3.05) is 0 Å². The number of hydrogen-bond donors (Lipinski definition) is 1. The quantitative estimate of drug-likeness (QED) is 0.690. The minimum absolute atomic E-state index is 0.249. The minimum Gasteiger partial charge on any atom is -0.478 e. The fourth-order valence-electron chi connectivity index (χ4n) is 2.61. The Morgan fingerprint density at radius 1 is 0.889 bits per heavy atom. The summed E-state index contributed by atoms with van der Waals surface area (Å²) in [6, 6.07) is 11.1. The molecule has 0 aliphatic rings. The van der Waals surface area contributed by atoms with Crippen LogP contribution < -0.4 is 0 Å². The lowest BCUT2D eigenvalue weighted by Crippen LogP contribution is -2.44. The van der Waals surface area contributed by atoms with Gasteiger partial charge in [-0.05, 0) is 17.2 Å². The molecule has 2 unspecified atom stereocenters. The van der Waals surface area contributed by atoms with E-state index in [2.05, 4.69) is 4.74 Å². The Hall–Kier alpha value is -2.55. The fourth-order valence-corrected chi connectivity index (χ4v) is 2.61. The van der Waals surface area contributed by atoms with Crippen LogP contribution in [0, 0.1) is 0 Å². The monoisotopic (exact) mass is 392 g/mol. The van der Waals surface area contributed by atoms with Gasteiger partial charge in [0.1, 0.15) is 5.92 Å². The van der Waals surface area contributed by atoms with Gasteiger partial charge >= 0.3 is 18.3 Å². The van der Waals surface area contributed by atoms with E-state index in [4.69, 9.17) is 5.11 Å². The van der Waals surface area contributed by atoms with Gasteiger partial charge in [-0.15, -0.1) is 0 Å². The molecule has 0 heterocycles.